The van der Waals surface area contributed by atoms with Gasteiger partial charge >= 0.3 is 0 Å². The average molecular weight is 566 g/mol. The van der Waals surface area contributed by atoms with Gasteiger partial charge in [0.2, 0.25) is 10.0 Å². The molecule has 0 amide bonds. The minimum atomic E-state index is -3.14. The molecule has 176 valence electrons. The van der Waals surface area contributed by atoms with Crippen molar-refractivity contribution >= 4 is 40.0 Å². The Balaban J connectivity index is 0.00000341. The molecule has 0 aromatic heterocycles. The molecule has 3 rings (SSSR count). The number of aliphatic imine (C=N–C) groups is 1. The van der Waals surface area contributed by atoms with Gasteiger partial charge in [-0.1, -0.05) is 30.3 Å². The molecule has 2 fully saturated rings. The smallest absolute Gasteiger partial charge is 0.211 e. The van der Waals surface area contributed by atoms with Crippen molar-refractivity contribution in [3.05, 3.63) is 35.9 Å². The van der Waals surface area contributed by atoms with Crippen LogP contribution in [0.5, 0.6) is 0 Å². The Kier molecular flexibility index (Phi) is 11.0. The molecule has 31 heavy (non-hydrogen) atoms. The van der Waals surface area contributed by atoms with E-state index in [2.05, 4.69) is 57.1 Å². The highest BCUT2D eigenvalue weighted by Crippen LogP contribution is 2.24. The number of likely N-dealkylation sites (tertiary alicyclic amines) is 1. The second kappa shape index (κ2) is 12.9. The number of rotatable bonds is 9. The van der Waals surface area contributed by atoms with E-state index in [1.165, 1.54) is 5.56 Å². The minimum Gasteiger partial charge on any atom is -0.373 e. The van der Waals surface area contributed by atoms with E-state index in [0.717, 1.165) is 45.3 Å². The summed E-state index contributed by atoms with van der Waals surface area (Å²) >= 11 is 0. The van der Waals surface area contributed by atoms with E-state index >= 15 is 0 Å². The maximum absolute atomic E-state index is 11.5. The number of benzene rings is 1. The van der Waals surface area contributed by atoms with E-state index in [4.69, 9.17) is 9.73 Å². The molecule has 2 atom stereocenters. The fourth-order valence-electron chi connectivity index (χ4n) is 3.97. The first-order valence-corrected chi connectivity index (χ1v) is 12.6. The van der Waals surface area contributed by atoms with Crippen LogP contribution >= 0.6 is 24.0 Å². The topological polar surface area (TPSA) is 86.3 Å². The molecule has 10 heteroatoms. The van der Waals surface area contributed by atoms with Gasteiger partial charge in [-0.05, 0) is 25.8 Å². The van der Waals surface area contributed by atoms with Crippen molar-refractivity contribution < 1.29 is 13.2 Å². The zero-order valence-corrected chi connectivity index (χ0v) is 21.6. The lowest BCUT2D eigenvalue weighted by molar-refractivity contribution is -0.0502. The third kappa shape index (κ3) is 7.85. The molecule has 0 aliphatic carbocycles. The minimum absolute atomic E-state index is 0. The van der Waals surface area contributed by atoms with Crippen LogP contribution in [0.4, 0.5) is 0 Å². The number of sulfonamides is 1. The van der Waals surface area contributed by atoms with Crippen LogP contribution < -0.4 is 10.0 Å². The molecule has 1 aromatic carbocycles. The molecule has 0 saturated carbocycles. The van der Waals surface area contributed by atoms with Crippen molar-refractivity contribution in [1.29, 1.82) is 0 Å². The molecule has 2 aliphatic rings. The summed E-state index contributed by atoms with van der Waals surface area (Å²) in [4.78, 5) is 9.53. The van der Waals surface area contributed by atoms with Crippen LogP contribution in [0.1, 0.15) is 25.8 Å². The van der Waals surface area contributed by atoms with Crippen molar-refractivity contribution in [2.45, 2.75) is 39.0 Å². The van der Waals surface area contributed by atoms with Gasteiger partial charge in [-0.2, -0.15) is 0 Å². The summed E-state index contributed by atoms with van der Waals surface area (Å²) in [5, 5.41) is 3.38. The molecule has 2 N–H and O–H groups in total. The first-order chi connectivity index (χ1) is 14.5. The Morgan fingerprint density at radius 2 is 2.00 bits per heavy atom. The Morgan fingerprint density at radius 3 is 2.71 bits per heavy atom. The fraction of sp³-hybridized carbons (Fsp3) is 0.667. The fourth-order valence-corrected chi connectivity index (χ4v) is 4.62. The number of nitrogens with one attached hydrogen (secondary N) is 2. The summed E-state index contributed by atoms with van der Waals surface area (Å²) in [7, 11) is -3.14. The van der Waals surface area contributed by atoms with Crippen LogP contribution in [-0.4, -0.2) is 88.0 Å². The highest BCUT2D eigenvalue weighted by molar-refractivity contribution is 14.0. The van der Waals surface area contributed by atoms with E-state index in [9.17, 15) is 8.42 Å². The molecule has 1 aromatic rings. The number of ether oxygens (including phenoxy) is 1. The quantitative estimate of drug-likeness (QED) is 0.204. The highest BCUT2D eigenvalue weighted by Gasteiger charge is 2.41. The third-order valence-electron chi connectivity index (χ3n) is 5.58. The second-order valence-electron chi connectivity index (χ2n) is 7.72. The molecule has 0 bridgehead atoms. The number of guanidine groups is 1. The lowest BCUT2D eigenvalue weighted by Gasteiger charge is -2.36. The largest absolute Gasteiger partial charge is 0.373 e. The van der Waals surface area contributed by atoms with Gasteiger partial charge in [0.05, 0.1) is 24.5 Å². The van der Waals surface area contributed by atoms with Gasteiger partial charge in [-0.25, -0.2) is 13.1 Å². The van der Waals surface area contributed by atoms with Gasteiger partial charge in [0.25, 0.3) is 0 Å². The summed E-state index contributed by atoms with van der Waals surface area (Å²) in [6.45, 7) is 9.82. The zero-order valence-electron chi connectivity index (χ0n) is 18.5. The van der Waals surface area contributed by atoms with E-state index < -0.39 is 10.0 Å². The zero-order chi connectivity index (χ0) is 21.4. The van der Waals surface area contributed by atoms with Crippen LogP contribution in [0.2, 0.25) is 0 Å². The molecule has 0 spiro atoms. The molecule has 0 radical (unpaired) electrons. The summed E-state index contributed by atoms with van der Waals surface area (Å²) in [5.41, 5.74) is 1.33. The monoisotopic (exact) mass is 565 g/mol. The molecular weight excluding hydrogens is 529 g/mol. The predicted molar refractivity (Wildman–Crippen MR) is 135 cm³/mol. The predicted octanol–water partition coefficient (Wildman–Crippen LogP) is 1.48. The van der Waals surface area contributed by atoms with Crippen molar-refractivity contribution in [3.8, 4) is 0 Å². The van der Waals surface area contributed by atoms with E-state index in [1.54, 1.807) is 6.92 Å². The van der Waals surface area contributed by atoms with Crippen LogP contribution in [0.25, 0.3) is 0 Å². The summed E-state index contributed by atoms with van der Waals surface area (Å²) in [5.74, 6) is 0.989. The van der Waals surface area contributed by atoms with Crippen LogP contribution in [0.3, 0.4) is 0 Å². The molecule has 2 aliphatic heterocycles. The van der Waals surface area contributed by atoms with E-state index in [0.29, 0.717) is 25.6 Å². The standard InChI is InChI=1S/C21H35N5O3S.HI/c1-3-22-21(23-11-8-12-24-30(27,28)4-2)26-16-19-20(17-26)29-14-13-25(19)15-18-9-6-5-7-10-18;/h5-7,9-10,19-20,24H,3-4,8,11-17H2,1-2H3,(H,22,23);1H. The van der Waals surface area contributed by atoms with Crippen molar-refractivity contribution in [3.63, 3.8) is 0 Å². The third-order valence-corrected chi connectivity index (χ3v) is 6.98. The number of fused-ring (bicyclic) bond motifs is 1. The molecule has 2 unspecified atom stereocenters. The molecule has 8 nitrogen and oxygen atoms in total. The van der Waals surface area contributed by atoms with Crippen LogP contribution in [0, 0.1) is 0 Å². The SMILES string of the molecule is CCNC(=NCCCNS(=O)(=O)CC)N1CC2OCCN(Cc3ccccc3)C2C1.I. The van der Waals surface area contributed by atoms with Gasteiger partial charge in [0.15, 0.2) is 5.96 Å². The first kappa shape index (κ1) is 26.3. The van der Waals surface area contributed by atoms with Crippen LogP contribution in [0.15, 0.2) is 35.3 Å². The van der Waals surface area contributed by atoms with Gasteiger partial charge in [-0.3, -0.25) is 9.89 Å². The number of morpholine rings is 1. The summed E-state index contributed by atoms with van der Waals surface area (Å²) in [6, 6.07) is 10.9. The van der Waals surface area contributed by atoms with Crippen molar-refractivity contribution in [2.24, 2.45) is 4.99 Å². The highest BCUT2D eigenvalue weighted by atomic mass is 127. The van der Waals surface area contributed by atoms with Gasteiger partial charge < -0.3 is 15.0 Å². The Bertz CT molecular complexity index is 793. The lowest BCUT2D eigenvalue weighted by Crippen LogP contribution is -2.50. The normalized spacial score (nSPS) is 22.1. The second-order valence-corrected chi connectivity index (χ2v) is 9.82. The molecule has 2 saturated heterocycles. The van der Waals surface area contributed by atoms with Gasteiger partial charge in [0.1, 0.15) is 0 Å². The summed E-state index contributed by atoms with van der Waals surface area (Å²) in [6.07, 6.45) is 0.855. The number of hydrogen-bond donors (Lipinski definition) is 2. The molecule has 2 heterocycles. The first-order valence-electron chi connectivity index (χ1n) is 10.9. The van der Waals surface area contributed by atoms with Crippen molar-refractivity contribution in [2.75, 3.05) is 51.6 Å². The number of hydrogen-bond acceptors (Lipinski definition) is 5. The lowest BCUT2D eigenvalue weighted by atomic mass is 10.1. The summed E-state index contributed by atoms with van der Waals surface area (Å²) < 4.78 is 31.7. The van der Waals surface area contributed by atoms with Crippen LogP contribution in [-0.2, 0) is 21.3 Å². The number of nitrogens with zero attached hydrogens (tertiary/aromatic N) is 3. The average Bonchev–Trinajstić information content (AvgIpc) is 3.19. The Labute approximate surface area is 203 Å². The van der Waals surface area contributed by atoms with Gasteiger partial charge in [0, 0.05) is 45.8 Å². The van der Waals surface area contributed by atoms with Crippen molar-refractivity contribution in [1.82, 2.24) is 19.8 Å². The van der Waals surface area contributed by atoms with E-state index in [-0.39, 0.29) is 35.8 Å². The maximum atomic E-state index is 11.5. The Morgan fingerprint density at radius 1 is 1.23 bits per heavy atom. The van der Waals surface area contributed by atoms with Gasteiger partial charge in [-0.15, -0.1) is 24.0 Å². The molecular formula is C21H36IN5O3S. The van der Waals surface area contributed by atoms with E-state index in [1.807, 2.05) is 0 Å². The Hall–Kier alpha value is -0.950. The number of halogens is 1. The maximum Gasteiger partial charge on any atom is 0.211 e.